The van der Waals surface area contributed by atoms with Gasteiger partial charge in [-0.05, 0) is 24.0 Å². The number of carboxylic acid groups (broad SMARTS) is 2. The summed E-state index contributed by atoms with van der Waals surface area (Å²) in [7, 11) is 0. The Labute approximate surface area is 235 Å². The molecular formula is C27H35N7O7. The van der Waals surface area contributed by atoms with E-state index in [1.165, 1.54) is 12.5 Å². The Balaban J connectivity index is 1.71. The molecule has 0 saturated heterocycles. The molecule has 1 aromatic carbocycles. The standard InChI is InChI=1S/C27H35N7O7/c1-14(2)23(34-24(37)18(28)10-16-12-29-13-31-16)26(39)32-20(7-8-22(35)36)25(38)33-21(27(40)41)9-15-11-30-19-6-4-3-5-17(15)19/h3-6,11-14,18,20-21,23,30H,7-10,28H2,1-2H3,(H,29,31)(H,32,39)(H,33,38)(H,34,37)(H,35,36)(H,40,41). The molecule has 3 rings (SSSR count). The summed E-state index contributed by atoms with van der Waals surface area (Å²) in [6.45, 7) is 3.36. The van der Waals surface area contributed by atoms with E-state index < -0.39 is 66.2 Å². The zero-order valence-corrected chi connectivity index (χ0v) is 22.7. The maximum absolute atomic E-state index is 13.2. The van der Waals surface area contributed by atoms with Gasteiger partial charge in [-0.25, -0.2) is 9.78 Å². The van der Waals surface area contributed by atoms with Crippen LogP contribution in [-0.4, -0.2) is 79.0 Å². The van der Waals surface area contributed by atoms with Crippen LogP contribution in [0.5, 0.6) is 0 Å². The van der Waals surface area contributed by atoms with Crippen LogP contribution in [0, 0.1) is 5.92 Å². The number of fused-ring (bicyclic) bond motifs is 1. The second-order valence-electron chi connectivity index (χ2n) is 10.1. The SMILES string of the molecule is CC(C)C(NC(=O)C(N)Cc1cnc[nH]1)C(=O)NC(CCC(=O)O)C(=O)NC(Cc1c[nH]c2ccccc12)C(=O)O. The van der Waals surface area contributed by atoms with Crippen molar-refractivity contribution >= 4 is 40.6 Å². The van der Waals surface area contributed by atoms with Gasteiger partial charge in [-0.2, -0.15) is 0 Å². The predicted molar refractivity (Wildman–Crippen MR) is 147 cm³/mol. The maximum atomic E-state index is 13.2. The monoisotopic (exact) mass is 569 g/mol. The molecule has 9 N–H and O–H groups in total. The van der Waals surface area contributed by atoms with Crippen LogP contribution in [0.4, 0.5) is 0 Å². The largest absolute Gasteiger partial charge is 0.481 e. The average Bonchev–Trinajstić information content (AvgIpc) is 3.58. The lowest BCUT2D eigenvalue weighted by atomic mass is 10.0. The molecule has 2 aromatic heterocycles. The van der Waals surface area contributed by atoms with Crippen LogP contribution in [0.1, 0.15) is 37.9 Å². The summed E-state index contributed by atoms with van der Waals surface area (Å²) in [5.74, 6) is -5.14. The van der Waals surface area contributed by atoms with Gasteiger partial charge < -0.3 is 41.9 Å². The van der Waals surface area contributed by atoms with Gasteiger partial charge in [0.15, 0.2) is 0 Å². The fraction of sp³-hybridized carbons (Fsp3) is 0.407. The Hall–Kier alpha value is -4.72. The number of rotatable bonds is 15. The highest BCUT2D eigenvalue weighted by atomic mass is 16.4. The number of carbonyl (C=O) groups excluding carboxylic acids is 3. The summed E-state index contributed by atoms with van der Waals surface area (Å²) in [6, 6.07) is 2.46. The third-order valence-electron chi connectivity index (χ3n) is 6.57. The molecule has 0 fully saturated rings. The van der Waals surface area contributed by atoms with Crippen molar-refractivity contribution in [3.8, 4) is 0 Å². The Morgan fingerprint density at radius 2 is 1.63 bits per heavy atom. The van der Waals surface area contributed by atoms with Crippen molar-refractivity contribution in [1.29, 1.82) is 0 Å². The summed E-state index contributed by atoms with van der Waals surface area (Å²) in [5, 5.41) is 27.3. The first kappa shape index (κ1) is 30.8. The maximum Gasteiger partial charge on any atom is 0.326 e. The fourth-order valence-electron chi connectivity index (χ4n) is 4.31. The number of amides is 3. The summed E-state index contributed by atoms with van der Waals surface area (Å²) in [5.41, 5.74) is 8.07. The summed E-state index contributed by atoms with van der Waals surface area (Å²) >= 11 is 0. The van der Waals surface area contributed by atoms with Crippen LogP contribution in [0.15, 0.2) is 43.0 Å². The van der Waals surface area contributed by atoms with Crippen molar-refractivity contribution < 1.29 is 34.2 Å². The van der Waals surface area contributed by atoms with Crippen LogP contribution in [0.25, 0.3) is 10.9 Å². The Morgan fingerprint density at radius 1 is 0.927 bits per heavy atom. The molecule has 220 valence electrons. The van der Waals surface area contributed by atoms with Crippen molar-refractivity contribution in [3.05, 3.63) is 54.2 Å². The zero-order chi connectivity index (χ0) is 30.1. The lowest BCUT2D eigenvalue weighted by Gasteiger charge is -2.27. The molecule has 4 atom stereocenters. The molecule has 2 heterocycles. The van der Waals surface area contributed by atoms with E-state index in [0.717, 1.165) is 10.9 Å². The van der Waals surface area contributed by atoms with Gasteiger partial charge in [0.2, 0.25) is 17.7 Å². The van der Waals surface area contributed by atoms with Crippen molar-refractivity contribution in [3.63, 3.8) is 0 Å². The molecule has 0 aliphatic rings. The van der Waals surface area contributed by atoms with Crippen LogP contribution in [-0.2, 0) is 36.8 Å². The highest BCUT2D eigenvalue weighted by molar-refractivity contribution is 5.94. The van der Waals surface area contributed by atoms with Crippen molar-refractivity contribution in [2.45, 2.75) is 63.7 Å². The highest BCUT2D eigenvalue weighted by Crippen LogP contribution is 2.19. The van der Waals surface area contributed by atoms with Crippen molar-refractivity contribution in [2.75, 3.05) is 0 Å². The number of hydrogen-bond acceptors (Lipinski definition) is 7. The second kappa shape index (κ2) is 14.1. The zero-order valence-electron chi connectivity index (χ0n) is 22.7. The number of nitrogens with one attached hydrogen (secondary N) is 5. The van der Waals surface area contributed by atoms with E-state index in [4.69, 9.17) is 5.73 Å². The van der Waals surface area contributed by atoms with Gasteiger partial charge in [0.1, 0.15) is 18.1 Å². The molecule has 0 aliphatic carbocycles. The van der Waals surface area contributed by atoms with E-state index in [1.807, 2.05) is 18.2 Å². The second-order valence-corrected chi connectivity index (χ2v) is 10.1. The molecule has 0 spiro atoms. The van der Waals surface area contributed by atoms with E-state index in [9.17, 15) is 34.2 Å². The number of imidazole rings is 1. The Bertz CT molecular complexity index is 1370. The van der Waals surface area contributed by atoms with E-state index >= 15 is 0 Å². The van der Waals surface area contributed by atoms with Crippen LogP contribution in [0.2, 0.25) is 0 Å². The van der Waals surface area contributed by atoms with Crippen LogP contribution >= 0.6 is 0 Å². The third kappa shape index (κ3) is 8.63. The molecule has 14 heteroatoms. The van der Waals surface area contributed by atoms with Gasteiger partial charge in [0.25, 0.3) is 0 Å². The van der Waals surface area contributed by atoms with Gasteiger partial charge in [-0.3, -0.25) is 19.2 Å². The number of carbonyl (C=O) groups is 5. The topological polar surface area (TPSA) is 232 Å². The number of aromatic nitrogens is 3. The lowest BCUT2D eigenvalue weighted by Crippen LogP contribution is -2.58. The number of benzene rings is 1. The molecule has 0 saturated carbocycles. The van der Waals surface area contributed by atoms with Gasteiger partial charge in [0.05, 0.1) is 12.4 Å². The first-order chi connectivity index (χ1) is 19.5. The minimum atomic E-state index is -1.37. The number of aliphatic carboxylic acids is 2. The number of para-hydroxylation sites is 1. The lowest BCUT2D eigenvalue weighted by molar-refractivity contribution is -0.143. The van der Waals surface area contributed by atoms with E-state index in [0.29, 0.717) is 11.3 Å². The molecular weight excluding hydrogens is 534 g/mol. The number of carboxylic acids is 2. The van der Waals surface area contributed by atoms with E-state index in [2.05, 4.69) is 30.9 Å². The van der Waals surface area contributed by atoms with Crippen LogP contribution in [0.3, 0.4) is 0 Å². The van der Waals surface area contributed by atoms with Crippen molar-refractivity contribution in [1.82, 2.24) is 30.9 Å². The molecule has 0 radical (unpaired) electrons. The quantitative estimate of drug-likeness (QED) is 0.123. The summed E-state index contributed by atoms with van der Waals surface area (Å²) in [4.78, 5) is 72.2. The molecule has 0 bridgehead atoms. The van der Waals surface area contributed by atoms with E-state index in [-0.39, 0.29) is 19.3 Å². The Morgan fingerprint density at radius 3 is 2.27 bits per heavy atom. The molecule has 14 nitrogen and oxygen atoms in total. The third-order valence-corrected chi connectivity index (χ3v) is 6.57. The number of hydrogen-bond donors (Lipinski definition) is 8. The van der Waals surface area contributed by atoms with Crippen molar-refractivity contribution in [2.24, 2.45) is 11.7 Å². The highest BCUT2D eigenvalue weighted by Gasteiger charge is 2.32. The molecule has 4 unspecified atom stereocenters. The van der Waals surface area contributed by atoms with Gasteiger partial charge in [0, 0.05) is 48.3 Å². The summed E-state index contributed by atoms with van der Waals surface area (Å²) in [6.07, 6.45) is 3.95. The minimum absolute atomic E-state index is 0.0520. The first-order valence-corrected chi connectivity index (χ1v) is 13.1. The molecule has 41 heavy (non-hydrogen) atoms. The van der Waals surface area contributed by atoms with Gasteiger partial charge in [-0.15, -0.1) is 0 Å². The predicted octanol–water partition coefficient (Wildman–Crippen LogP) is 0.0633. The Kier molecular flexibility index (Phi) is 10.6. The van der Waals surface area contributed by atoms with Crippen LogP contribution < -0.4 is 21.7 Å². The number of nitrogens with two attached hydrogens (primary N) is 1. The minimum Gasteiger partial charge on any atom is -0.481 e. The first-order valence-electron chi connectivity index (χ1n) is 13.1. The fourth-order valence-corrected chi connectivity index (χ4v) is 4.31. The number of H-pyrrole nitrogens is 2. The molecule has 3 amide bonds. The smallest absolute Gasteiger partial charge is 0.326 e. The van der Waals surface area contributed by atoms with Gasteiger partial charge >= 0.3 is 11.9 Å². The average molecular weight is 570 g/mol. The summed E-state index contributed by atoms with van der Waals surface area (Å²) < 4.78 is 0. The molecule has 0 aliphatic heterocycles. The molecule has 3 aromatic rings. The normalized spacial score (nSPS) is 14.1. The van der Waals surface area contributed by atoms with Gasteiger partial charge in [-0.1, -0.05) is 32.0 Å². The van der Waals surface area contributed by atoms with E-state index in [1.54, 1.807) is 26.1 Å². The number of nitrogens with zero attached hydrogens (tertiary/aromatic N) is 1. The number of aromatic amines is 2.